The molecule has 0 spiro atoms. The van der Waals surface area contributed by atoms with Gasteiger partial charge in [0.05, 0.1) is 28.8 Å². The van der Waals surface area contributed by atoms with E-state index in [1.165, 1.54) is 7.11 Å². The molecule has 168 valence electrons. The molecular weight excluding hydrogens is 483 g/mol. The predicted molar refractivity (Wildman–Crippen MR) is 133 cm³/mol. The molecule has 0 aliphatic heterocycles. The number of aryl methyl sites for hydroxylation is 1. The number of carbonyl (C=O) groups excluding carboxylic acids is 1. The number of carbonyl (C=O) groups is 1. The van der Waals surface area contributed by atoms with E-state index in [4.69, 9.17) is 44.3 Å². The van der Waals surface area contributed by atoms with E-state index >= 15 is 0 Å². The van der Waals surface area contributed by atoms with E-state index in [0.717, 1.165) is 5.56 Å². The molecule has 0 heterocycles. The summed E-state index contributed by atoms with van der Waals surface area (Å²) in [5, 5.41) is 13.4. The quantitative estimate of drug-likeness (QED) is 0.278. The predicted octanol–water partition coefficient (Wildman–Crippen LogP) is 7.05. The van der Waals surface area contributed by atoms with E-state index in [9.17, 15) is 10.1 Å². The standard InChI is InChI=1S/C25H19Cl3N2O3/c1-15-4-3-5-19(8-15)30-24(31)14-33-25-22(28)10-16(11-23(25)32-2)9-17(13-29)20-7-6-18(26)12-21(20)27/h3-12H,14H2,1-2H3,(H,30,31)/b17-9+. The third-order valence-corrected chi connectivity index (χ3v) is 5.38. The van der Waals surface area contributed by atoms with Crippen LogP contribution in [0.4, 0.5) is 5.69 Å². The average Bonchev–Trinajstić information content (AvgIpc) is 2.76. The van der Waals surface area contributed by atoms with Crippen LogP contribution in [0.2, 0.25) is 15.1 Å². The molecule has 0 unspecified atom stereocenters. The molecule has 33 heavy (non-hydrogen) atoms. The Labute approximate surface area is 207 Å². The zero-order valence-electron chi connectivity index (χ0n) is 17.8. The van der Waals surface area contributed by atoms with Crippen LogP contribution < -0.4 is 14.8 Å². The minimum absolute atomic E-state index is 0.221. The summed E-state index contributed by atoms with van der Waals surface area (Å²) in [7, 11) is 1.46. The van der Waals surface area contributed by atoms with Crippen molar-refractivity contribution in [2.45, 2.75) is 6.92 Å². The van der Waals surface area contributed by atoms with E-state index in [1.807, 2.05) is 25.1 Å². The van der Waals surface area contributed by atoms with Crippen LogP contribution >= 0.6 is 34.8 Å². The van der Waals surface area contributed by atoms with Gasteiger partial charge >= 0.3 is 0 Å². The molecule has 0 aliphatic carbocycles. The van der Waals surface area contributed by atoms with E-state index in [2.05, 4.69) is 11.4 Å². The van der Waals surface area contributed by atoms with Crippen LogP contribution in [0.15, 0.2) is 54.6 Å². The van der Waals surface area contributed by atoms with Crippen molar-refractivity contribution < 1.29 is 14.3 Å². The Balaban J connectivity index is 1.81. The third-order valence-electron chi connectivity index (χ3n) is 4.55. The van der Waals surface area contributed by atoms with E-state index in [1.54, 1.807) is 42.5 Å². The Morgan fingerprint density at radius 1 is 1.09 bits per heavy atom. The highest BCUT2D eigenvalue weighted by Crippen LogP contribution is 2.38. The SMILES string of the molecule is COc1cc(/C=C(\C#N)c2ccc(Cl)cc2Cl)cc(Cl)c1OCC(=O)Nc1cccc(C)c1. The number of amides is 1. The molecule has 1 amide bonds. The maximum Gasteiger partial charge on any atom is 0.262 e. The number of allylic oxidation sites excluding steroid dienone is 1. The number of hydrogen-bond acceptors (Lipinski definition) is 4. The van der Waals surface area contributed by atoms with Gasteiger partial charge in [-0.2, -0.15) is 5.26 Å². The lowest BCUT2D eigenvalue weighted by atomic mass is 10.0. The summed E-state index contributed by atoms with van der Waals surface area (Å²) in [5.74, 6) is 0.196. The third kappa shape index (κ3) is 6.43. The molecular formula is C25H19Cl3N2O3. The highest BCUT2D eigenvalue weighted by Gasteiger charge is 2.15. The summed E-state index contributed by atoms with van der Waals surface area (Å²) in [4.78, 5) is 12.3. The van der Waals surface area contributed by atoms with E-state index in [0.29, 0.717) is 38.2 Å². The Bertz CT molecular complexity index is 1270. The largest absolute Gasteiger partial charge is 0.493 e. The van der Waals surface area contributed by atoms with Gasteiger partial charge in [0.15, 0.2) is 18.1 Å². The molecule has 3 aromatic carbocycles. The van der Waals surface area contributed by atoms with Crippen molar-refractivity contribution in [2.24, 2.45) is 0 Å². The summed E-state index contributed by atoms with van der Waals surface area (Å²) in [6, 6.07) is 17.7. The normalized spacial score (nSPS) is 11.0. The first kappa shape index (κ1) is 24.5. The molecule has 0 saturated carbocycles. The minimum atomic E-state index is -0.341. The smallest absolute Gasteiger partial charge is 0.262 e. The average molecular weight is 502 g/mol. The van der Waals surface area contributed by atoms with Crippen molar-refractivity contribution in [1.29, 1.82) is 5.26 Å². The van der Waals surface area contributed by atoms with Gasteiger partial charge in [-0.15, -0.1) is 0 Å². The Morgan fingerprint density at radius 2 is 1.88 bits per heavy atom. The number of nitriles is 1. The van der Waals surface area contributed by atoms with Gasteiger partial charge in [0.25, 0.3) is 5.91 Å². The molecule has 0 aliphatic rings. The van der Waals surface area contributed by atoms with Gasteiger partial charge in [0, 0.05) is 16.3 Å². The Morgan fingerprint density at radius 3 is 2.55 bits per heavy atom. The van der Waals surface area contributed by atoms with E-state index < -0.39 is 0 Å². The van der Waals surface area contributed by atoms with Crippen LogP contribution in [0, 0.1) is 18.3 Å². The van der Waals surface area contributed by atoms with Crippen molar-refractivity contribution in [1.82, 2.24) is 0 Å². The van der Waals surface area contributed by atoms with Gasteiger partial charge in [-0.25, -0.2) is 0 Å². The van der Waals surface area contributed by atoms with Gasteiger partial charge in [-0.05, 0) is 60.5 Å². The number of methoxy groups -OCH3 is 1. The molecule has 0 radical (unpaired) electrons. The van der Waals surface area contributed by atoms with Crippen molar-refractivity contribution in [2.75, 3.05) is 19.0 Å². The first-order valence-corrected chi connectivity index (χ1v) is 10.9. The van der Waals surface area contributed by atoms with Crippen LogP contribution in [0.25, 0.3) is 11.6 Å². The monoisotopic (exact) mass is 500 g/mol. The fraction of sp³-hybridized carbons (Fsp3) is 0.120. The van der Waals surface area contributed by atoms with Crippen molar-refractivity contribution in [3.8, 4) is 17.6 Å². The fourth-order valence-electron chi connectivity index (χ4n) is 3.07. The molecule has 8 heteroatoms. The zero-order valence-corrected chi connectivity index (χ0v) is 20.1. The summed E-state index contributed by atoms with van der Waals surface area (Å²) >= 11 is 18.6. The van der Waals surface area contributed by atoms with Crippen molar-refractivity contribution in [3.63, 3.8) is 0 Å². The second kappa shape index (κ2) is 11.1. The molecule has 0 saturated heterocycles. The van der Waals surface area contributed by atoms with Crippen molar-refractivity contribution >= 4 is 58.0 Å². The molecule has 3 aromatic rings. The zero-order chi connectivity index (χ0) is 24.0. The number of rotatable bonds is 7. The summed E-state index contributed by atoms with van der Waals surface area (Å²) in [5.41, 5.74) is 3.15. The summed E-state index contributed by atoms with van der Waals surface area (Å²) in [6.07, 6.45) is 1.62. The molecule has 0 bridgehead atoms. The topological polar surface area (TPSA) is 71.3 Å². The number of ether oxygens (including phenoxy) is 2. The summed E-state index contributed by atoms with van der Waals surface area (Å²) < 4.78 is 11.0. The lowest BCUT2D eigenvalue weighted by molar-refractivity contribution is -0.118. The van der Waals surface area contributed by atoms with Crippen LogP contribution in [0.1, 0.15) is 16.7 Å². The molecule has 0 atom stereocenters. The van der Waals surface area contributed by atoms with Gasteiger partial charge in [0.2, 0.25) is 0 Å². The van der Waals surface area contributed by atoms with Gasteiger partial charge in [-0.3, -0.25) is 4.79 Å². The van der Waals surface area contributed by atoms with Gasteiger partial charge in [0.1, 0.15) is 0 Å². The minimum Gasteiger partial charge on any atom is -0.493 e. The number of hydrogen-bond donors (Lipinski definition) is 1. The number of benzene rings is 3. The number of halogens is 3. The second-order valence-electron chi connectivity index (χ2n) is 7.03. The van der Waals surface area contributed by atoms with E-state index in [-0.39, 0.29) is 23.3 Å². The molecule has 1 N–H and O–H groups in total. The molecule has 5 nitrogen and oxygen atoms in total. The van der Waals surface area contributed by atoms with Crippen LogP contribution in [-0.2, 0) is 4.79 Å². The first-order valence-electron chi connectivity index (χ1n) is 9.74. The van der Waals surface area contributed by atoms with Crippen LogP contribution in [0.3, 0.4) is 0 Å². The number of anilines is 1. The first-order chi connectivity index (χ1) is 15.8. The Kier molecular flexibility index (Phi) is 8.24. The van der Waals surface area contributed by atoms with Crippen molar-refractivity contribution in [3.05, 3.63) is 86.4 Å². The lowest BCUT2D eigenvalue weighted by Crippen LogP contribution is -2.20. The van der Waals surface area contributed by atoms with Crippen LogP contribution in [-0.4, -0.2) is 19.6 Å². The Hall–Kier alpha value is -3.17. The molecule has 0 fully saturated rings. The molecule has 0 aromatic heterocycles. The number of nitrogens with zero attached hydrogens (tertiary/aromatic N) is 1. The molecule has 3 rings (SSSR count). The van der Waals surface area contributed by atoms with Gasteiger partial charge in [-0.1, -0.05) is 53.0 Å². The second-order valence-corrected chi connectivity index (χ2v) is 8.29. The number of nitrogens with one attached hydrogen (secondary N) is 1. The highest BCUT2D eigenvalue weighted by atomic mass is 35.5. The maximum atomic E-state index is 12.3. The van der Waals surface area contributed by atoms with Crippen LogP contribution in [0.5, 0.6) is 11.5 Å². The highest BCUT2D eigenvalue weighted by molar-refractivity contribution is 6.36. The summed E-state index contributed by atoms with van der Waals surface area (Å²) in [6.45, 7) is 1.68. The lowest BCUT2D eigenvalue weighted by Gasteiger charge is -2.14. The van der Waals surface area contributed by atoms with Gasteiger partial charge < -0.3 is 14.8 Å². The maximum absolute atomic E-state index is 12.3. The fourth-order valence-corrected chi connectivity index (χ4v) is 3.85.